The summed E-state index contributed by atoms with van der Waals surface area (Å²) in [7, 11) is 0. The molecule has 2 aromatic rings. The molecule has 0 aliphatic heterocycles. The molecule has 0 radical (unpaired) electrons. The van der Waals surface area contributed by atoms with Gasteiger partial charge in [-0.15, -0.1) is 0 Å². The maximum atomic E-state index is 12.0. The number of carbonyl (C=O) groups excluding carboxylic acids is 1. The fourth-order valence-corrected chi connectivity index (χ4v) is 2.55. The molecular weight excluding hydrogens is 224 g/mol. The molecular formula is C15H16N2O. The zero-order valence-electron chi connectivity index (χ0n) is 10.2. The molecule has 0 saturated heterocycles. The fourth-order valence-electron chi connectivity index (χ4n) is 2.55. The molecule has 18 heavy (non-hydrogen) atoms. The zero-order chi connectivity index (χ0) is 12.4. The third kappa shape index (κ3) is 2.21. The highest BCUT2D eigenvalue weighted by Gasteiger charge is 2.22. The summed E-state index contributed by atoms with van der Waals surface area (Å²) < 4.78 is 0. The van der Waals surface area contributed by atoms with Crippen LogP contribution >= 0.6 is 0 Å². The van der Waals surface area contributed by atoms with Crippen LogP contribution in [0.15, 0.2) is 36.4 Å². The van der Waals surface area contributed by atoms with Crippen molar-refractivity contribution in [2.24, 2.45) is 5.92 Å². The van der Waals surface area contributed by atoms with E-state index in [-0.39, 0.29) is 11.8 Å². The van der Waals surface area contributed by atoms with E-state index in [0.717, 1.165) is 23.7 Å². The van der Waals surface area contributed by atoms with Gasteiger partial charge in [0.25, 0.3) is 0 Å². The van der Waals surface area contributed by atoms with Crippen molar-refractivity contribution in [1.29, 1.82) is 0 Å². The Balaban J connectivity index is 1.79. The normalized spacial score (nSPS) is 16.0. The highest BCUT2D eigenvalue weighted by atomic mass is 16.1. The van der Waals surface area contributed by atoms with E-state index in [4.69, 9.17) is 0 Å². The number of pyridine rings is 1. The van der Waals surface area contributed by atoms with Gasteiger partial charge in [-0.2, -0.15) is 0 Å². The van der Waals surface area contributed by atoms with Crippen LogP contribution in [0.4, 0.5) is 5.82 Å². The molecule has 1 aliphatic rings. The van der Waals surface area contributed by atoms with Crippen LogP contribution in [0.25, 0.3) is 10.9 Å². The largest absolute Gasteiger partial charge is 0.310 e. The Hall–Kier alpha value is -1.90. The summed E-state index contributed by atoms with van der Waals surface area (Å²) in [6.45, 7) is 0. The lowest BCUT2D eigenvalue weighted by Gasteiger charge is -2.10. The molecule has 0 unspecified atom stereocenters. The SMILES string of the molecule is O=C(Nc1ccc2ccccc2n1)C1CCCC1. The highest BCUT2D eigenvalue weighted by molar-refractivity contribution is 5.93. The first kappa shape index (κ1) is 11.2. The second-order valence-electron chi connectivity index (χ2n) is 4.86. The number of para-hydroxylation sites is 1. The van der Waals surface area contributed by atoms with Crippen molar-refractivity contribution in [1.82, 2.24) is 4.98 Å². The molecule has 3 heteroatoms. The molecule has 1 amide bonds. The molecule has 0 bridgehead atoms. The maximum Gasteiger partial charge on any atom is 0.228 e. The molecule has 1 aliphatic carbocycles. The third-order valence-corrected chi connectivity index (χ3v) is 3.58. The number of fused-ring (bicyclic) bond motifs is 1. The summed E-state index contributed by atoms with van der Waals surface area (Å²) in [5.41, 5.74) is 0.918. The first-order chi connectivity index (χ1) is 8.83. The average Bonchev–Trinajstić information content (AvgIpc) is 2.92. The Bertz CT molecular complexity index is 573. The van der Waals surface area contributed by atoms with Gasteiger partial charge in [0.05, 0.1) is 5.52 Å². The second-order valence-corrected chi connectivity index (χ2v) is 4.86. The van der Waals surface area contributed by atoms with Gasteiger partial charge in [0, 0.05) is 11.3 Å². The predicted octanol–water partition coefficient (Wildman–Crippen LogP) is 3.36. The lowest BCUT2D eigenvalue weighted by Crippen LogP contribution is -2.20. The predicted molar refractivity (Wildman–Crippen MR) is 72.3 cm³/mol. The van der Waals surface area contributed by atoms with E-state index in [9.17, 15) is 4.79 Å². The summed E-state index contributed by atoms with van der Waals surface area (Å²) in [4.78, 5) is 16.5. The Kier molecular flexibility index (Phi) is 2.97. The van der Waals surface area contributed by atoms with Crippen molar-refractivity contribution in [3.05, 3.63) is 36.4 Å². The number of benzene rings is 1. The number of carbonyl (C=O) groups is 1. The molecule has 1 aromatic heterocycles. The van der Waals surface area contributed by atoms with Crippen LogP contribution in [0.3, 0.4) is 0 Å². The summed E-state index contributed by atoms with van der Waals surface area (Å²) in [6, 6.07) is 11.8. The van der Waals surface area contributed by atoms with Crippen molar-refractivity contribution in [2.45, 2.75) is 25.7 Å². The Morgan fingerprint density at radius 3 is 2.72 bits per heavy atom. The second kappa shape index (κ2) is 4.77. The zero-order valence-corrected chi connectivity index (χ0v) is 10.2. The standard InChI is InChI=1S/C15H16N2O/c18-15(12-6-1-2-7-12)17-14-10-9-11-5-3-4-8-13(11)16-14/h3-5,8-10,12H,1-2,6-7H2,(H,16,17,18). The van der Waals surface area contributed by atoms with E-state index >= 15 is 0 Å². The van der Waals surface area contributed by atoms with Gasteiger partial charge in [-0.1, -0.05) is 31.0 Å². The Morgan fingerprint density at radius 2 is 1.89 bits per heavy atom. The number of anilines is 1. The molecule has 1 fully saturated rings. The number of nitrogens with one attached hydrogen (secondary N) is 1. The molecule has 0 atom stereocenters. The van der Waals surface area contributed by atoms with E-state index in [0.29, 0.717) is 5.82 Å². The quantitative estimate of drug-likeness (QED) is 0.874. The van der Waals surface area contributed by atoms with Crippen LogP contribution in [-0.4, -0.2) is 10.9 Å². The van der Waals surface area contributed by atoms with Crippen LogP contribution in [0.1, 0.15) is 25.7 Å². The fraction of sp³-hybridized carbons (Fsp3) is 0.333. The van der Waals surface area contributed by atoms with Crippen molar-refractivity contribution < 1.29 is 4.79 Å². The Morgan fingerprint density at radius 1 is 1.11 bits per heavy atom. The Labute approximate surface area is 106 Å². The molecule has 3 rings (SSSR count). The van der Waals surface area contributed by atoms with Gasteiger partial charge in [-0.3, -0.25) is 4.79 Å². The van der Waals surface area contributed by atoms with E-state index in [1.165, 1.54) is 12.8 Å². The minimum Gasteiger partial charge on any atom is -0.310 e. The van der Waals surface area contributed by atoms with Gasteiger partial charge < -0.3 is 5.32 Å². The molecule has 0 spiro atoms. The third-order valence-electron chi connectivity index (χ3n) is 3.58. The lowest BCUT2D eigenvalue weighted by molar-refractivity contribution is -0.119. The van der Waals surface area contributed by atoms with E-state index in [1.807, 2.05) is 36.4 Å². The molecule has 1 aromatic carbocycles. The number of nitrogens with zero attached hydrogens (tertiary/aromatic N) is 1. The number of hydrogen-bond donors (Lipinski definition) is 1. The average molecular weight is 240 g/mol. The number of aromatic nitrogens is 1. The van der Waals surface area contributed by atoms with Crippen LogP contribution in [0, 0.1) is 5.92 Å². The van der Waals surface area contributed by atoms with E-state index in [2.05, 4.69) is 10.3 Å². The van der Waals surface area contributed by atoms with E-state index in [1.54, 1.807) is 0 Å². The minimum absolute atomic E-state index is 0.121. The number of amides is 1. The highest BCUT2D eigenvalue weighted by Crippen LogP contribution is 2.26. The topological polar surface area (TPSA) is 42.0 Å². The monoisotopic (exact) mass is 240 g/mol. The van der Waals surface area contributed by atoms with Crippen molar-refractivity contribution in [3.8, 4) is 0 Å². The first-order valence-corrected chi connectivity index (χ1v) is 6.49. The van der Waals surface area contributed by atoms with Gasteiger partial charge in [0.2, 0.25) is 5.91 Å². The van der Waals surface area contributed by atoms with Crippen molar-refractivity contribution in [2.75, 3.05) is 5.32 Å². The van der Waals surface area contributed by atoms with Crippen LogP contribution in [0.2, 0.25) is 0 Å². The lowest BCUT2D eigenvalue weighted by atomic mass is 10.1. The smallest absolute Gasteiger partial charge is 0.228 e. The van der Waals surface area contributed by atoms with Crippen molar-refractivity contribution >= 4 is 22.6 Å². The molecule has 1 heterocycles. The minimum atomic E-state index is 0.121. The van der Waals surface area contributed by atoms with Gasteiger partial charge in [-0.25, -0.2) is 4.98 Å². The van der Waals surface area contributed by atoms with Crippen LogP contribution < -0.4 is 5.32 Å². The van der Waals surface area contributed by atoms with Crippen molar-refractivity contribution in [3.63, 3.8) is 0 Å². The van der Waals surface area contributed by atoms with Gasteiger partial charge in [-0.05, 0) is 31.0 Å². The summed E-state index contributed by atoms with van der Waals surface area (Å²) in [5, 5.41) is 4.02. The first-order valence-electron chi connectivity index (χ1n) is 6.49. The maximum absolute atomic E-state index is 12.0. The summed E-state index contributed by atoms with van der Waals surface area (Å²) >= 11 is 0. The molecule has 1 saturated carbocycles. The van der Waals surface area contributed by atoms with Gasteiger partial charge >= 0.3 is 0 Å². The van der Waals surface area contributed by atoms with Gasteiger partial charge in [0.15, 0.2) is 0 Å². The number of hydrogen-bond acceptors (Lipinski definition) is 2. The van der Waals surface area contributed by atoms with Gasteiger partial charge in [0.1, 0.15) is 5.82 Å². The van der Waals surface area contributed by atoms with Crippen LogP contribution in [-0.2, 0) is 4.79 Å². The molecule has 3 nitrogen and oxygen atoms in total. The van der Waals surface area contributed by atoms with Crippen LogP contribution in [0.5, 0.6) is 0 Å². The summed E-state index contributed by atoms with van der Waals surface area (Å²) in [5.74, 6) is 0.958. The summed E-state index contributed by atoms with van der Waals surface area (Å²) in [6.07, 6.45) is 4.37. The molecule has 1 N–H and O–H groups in total. The molecule has 92 valence electrons. The number of rotatable bonds is 2. The van der Waals surface area contributed by atoms with E-state index < -0.39 is 0 Å².